The summed E-state index contributed by atoms with van der Waals surface area (Å²) in [6.45, 7) is 1.94. The van der Waals surface area contributed by atoms with Crippen molar-refractivity contribution >= 4 is 33.2 Å². The highest BCUT2D eigenvalue weighted by Crippen LogP contribution is 2.30. The Labute approximate surface area is 127 Å². The second kappa shape index (κ2) is 5.74. The minimum Gasteiger partial charge on any atom is -0.465 e. The van der Waals surface area contributed by atoms with Crippen molar-refractivity contribution in [3.63, 3.8) is 0 Å². The molecule has 7 nitrogen and oxygen atoms in total. The lowest BCUT2D eigenvalue weighted by Crippen LogP contribution is -2.50. The highest BCUT2D eigenvalue weighted by atomic mass is 32.2. The molecule has 116 valence electrons. The number of aryl methyl sites for hydroxylation is 1. The molecule has 1 aliphatic heterocycles. The fraction of sp³-hybridized carbons (Fsp3) is 0.500. The number of thiophene rings is 1. The zero-order valence-electron chi connectivity index (χ0n) is 12.0. The molecule has 0 radical (unpaired) electrons. The van der Waals surface area contributed by atoms with Crippen LogP contribution in [0.25, 0.3) is 0 Å². The van der Waals surface area contributed by atoms with E-state index in [1.165, 1.54) is 12.0 Å². The van der Waals surface area contributed by atoms with Gasteiger partial charge in [-0.2, -0.15) is 4.31 Å². The largest absolute Gasteiger partial charge is 0.465 e. The summed E-state index contributed by atoms with van der Waals surface area (Å²) in [6.07, 6.45) is 0. The fourth-order valence-corrected chi connectivity index (χ4v) is 5.10. The summed E-state index contributed by atoms with van der Waals surface area (Å²) in [7, 11) is -1.07. The number of hydrogen-bond acceptors (Lipinski definition) is 6. The van der Waals surface area contributed by atoms with E-state index >= 15 is 0 Å². The number of methoxy groups -OCH3 is 1. The van der Waals surface area contributed by atoms with Crippen LogP contribution in [0.3, 0.4) is 0 Å². The Morgan fingerprint density at radius 3 is 2.62 bits per heavy atom. The second-order valence-corrected chi connectivity index (χ2v) is 7.48. The number of carbonyl (C=O) groups is 2. The van der Waals surface area contributed by atoms with Crippen molar-refractivity contribution in [1.29, 1.82) is 0 Å². The molecule has 0 unspecified atom stereocenters. The summed E-state index contributed by atoms with van der Waals surface area (Å²) >= 11 is 1.03. The Morgan fingerprint density at radius 1 is 1.38 bits per heavy atom. The van der Waals surface area contributed by atoms with Crippen LogP contribution >= 0.6 is 11.3 Å². The predicted molar refractivity (Wildman–Crippen MR) is 76.8 cm³/mol. The van der Waals surface area contributed by atoms with Gasteiger partial charge in [0.15, 0.2) is 0 Å². The summed E-state index contributed by atoms with van der Waals surface area (Å²) in [5, 5.41) is 1.59. The van der Waals surface area contributed by atoms with E-state index in [1.54, 1.807) is 19.4 Å². The molecule has 1 aromatic heterocycles. The third kappa shape index (κ3) is 2.81. The van der Waals surface area contributed by atoms with Crippen LogP contribution in [-0.4, -0.2) is 63.3 Å². The lowest BCUT2D eigenvalue weighted by molar-refractivity contribution is -0.132. The monoisotopic (exact) mass is 332 g/mol. The van der Waals surface area contributed by atoms with Crippen LogP contribution in [0.4, 0.5) is 0 Å². The quantitative estimate of drug-likeness (QED) is 0.744. The Morgan fingerprint density at radius 2 is 2.05 bits per heavy atom. The molecule has 1 aromatic rings. The maximum absolute atomic E-state index is 12.7. The van der Waals surface area contributed by atoms with E-state index in [9.17, 15) is 18.0 Å². The van der Waals surface area contributed by atoms with Gasteiger partial charge in [0, 0.05) is 20.1 Å². The van der Waals surface area contributed by atoms with E-state index in [1.807, 2.05) is 0 Å². The highest BCUT2D eigenvalue weighted by molar-refractivity contribution is 7.89. The SMILES string of the molecule is COC(=O)c1scc(C)c1S(=O)(=O)N1CCN(C)C(=O)C1. The minimum atomic E-state index is -3.90. The number of ether oxygens (including phenoxy) is 1. The molecule has 0 bridgehead atoms. The van der Waals surface area contributed by atoms with Crippen molar-refractivity contribution in [3.8, 4) is 0 Å². The van der Waals surface area contributed by atoms with Gasteiger partial charge in [-0.3, -0.25) is 4.79 Å². The van der Waals surface area contributed by atoms with Gasteiger partial charge in [0.2, 0.25) is 15.9 Å². The maximum Gasteiger partial charge on any atom is 0.349 e. The number of rotatable bonds is 3. The average molecular weight is 332 g/mol. The van der Waals surface area contributed by atoms with Gasteiger partial charge in [-0.05, 0) is 17.9 Å². The highest BCUT2D eigenvalue weighted by Gasteiger charge is 2.36. The molecule has 1 amide bonds. The molecule has 0 spiro atoms. The number of hydrogen-bond donors (Lipinski definition) is 0. The van der Waals surface area contributed by atoms with Gasteiger partial charge in [-0.15, -0.1) is 11.3 Å². The molecule has 2 rings (SSSR count). The Kier molecular flexibility index (Phi) is 4.35. The lowest BCUT2D eigenvalue weighted by Gasteiger charge is -2.31. The lowest BCUT2D eigenvalue weighted by atomic mass is 10.3. The predicted octanol–water partition coefficient (Wildman–Crippen LogP) is 0.306. The number of carbonyl (C=O) groups excluding carboxylic acids is 2. The zero-order chi connectivity index (χ0) is 15.8. The molecule has 9 heteroatoms. The first kappa shape index (κ1) is 15.9. The number of nitrogens with zero attached hydrogens (tertiary/aromatic N) is 2. The van der Waals surface area contributed by atoms with Crippen LogP contribution in [-0.2, 0) is 19.6 Å². The summed E-state index contributed by atoms with van der Waals surface area (Å²) < 4.78 is 31.2. The van der Waals surface area contributed by atoms with E-state index in [2.05, 4.69) is 4.74 Å². The number of esters is 1. The number of piperazine rings is 1. The van der Waals surface area contributed by atoms with Crippen molar-refractivity contribution in [2.24, 2.45) is 0 Å². The molecule has 0 N–H and O–H groups in total. The van der Waals surface area contributed by atoms with Gasteiger partial charge < -0.3 is 9.64 Å². The van der Waals surface area contributed by atoms with Crippen molar-refractivity contribution in [2.75, 3.05) is 33.8 Å². The minimum absolute atomic E-state index is 0.0429. The van der Waals surface area contributed by atoms with E-state index < -0.39 is 16.0 Å². The van der Waals surface area contributed by atoms with Crippen molar-refractivity contribution in [3.05, 3.63) is 15.8 Å². The topological polar surface area (TPSA) is 84.0 Å². The molecule has 0 saturated carbocycles. The van der Waals surface area contributed by atoms with Gasteiger partial charge in [0.1, 0.15) is 9.77 Å². The van der Waals surface area contributed by atoms with Gasteiger partial charge in [0.25, 0.3) is 0 Å². The first-order chi connectivity index (χ1) is 9.78. The van der Waals surface area contributed by atoms with Crippen LogP contribution < -0.4 is 0 Å². The third-order valence-corrected chi connectivity index (χ3v) is 6.55. The van der Waals surface area contributed by atoms with Gasteiger partial charge in [0.05, 0.1) is 13.7 Å². The standard InChI is InChI=1S/C12H16N2O5S2/c1-8-7-20-10(12(16)19-3)11(8)21(17,18)14-5-4-13(2)9(15)6-14/h7H,4-6H2,1-3H3. The van der Waals surface area contributed by atoms with Crippen molar-refractivity contribution in [1.82, 2.24) is 9.21 Å². The average Bonchev–Trinajstić information content (AvgIpc) is 2.83. The van der Waals surface area contributed by atoms with Crippen LogP contribution in [0, 0.1) is 6.92 Å². The van der Waals surface area contributed by atoms with Crippen molar-refractivity contribution < 1.29 is 22.7 Å². The molecular weight excluding hydrogens is 316 g/mol. The molecule has 0 atom stereocenters. The molecule has 2 heterocycles. The normalized spacial score (nSPS) is 17.1. The second-order valence-electron chi connectivity index (χ2n) is 4.72. The van der Waals surface area contributed by atoms with E-state index in [0.29, 0.717) is 12.1 Å². The Balaban J connectivity index is 2.43. The first-order valence-corrected chi connectivity index (χ1v) is 8.51. The molecule has 0 aromatic carbocycles. The number of sulfonamides is 1. The summed E-state index contributed by atoms with van der Waals surface area (Å²) in [6, 6.07) is 0. The van der Waals surface area contributed by atoms with E-state index in [4.69, 9.17) is 0 Å². The summed E-state index contributed by atoms with van der Waals surface area (Å²) in [4.78, 5) is 24.9. The maximum atomic E-state index is 12.7. The molecule has 1 fully saturated rings. The molecule has 0 aliphatic carbocycles. The molecule has 1 aliphatic rings. The first-order valence-electron chi connectivity index (χ1n) is 6.19. The zero-order valence-corrected chi connectivity index (χ0v) is 13.6. The van der Waals surface area contributed by atoms with Crippen LogP contribution in [0.5, 0.6) is 0 Å². The van der Waals surface area contributed by atoms with Crippen molar-refractivity contribution in [2.45, 2.75) is 11.8 Å². The number of likely N-dealkylation sites (N-methyl/N-ethyl adjacent to an activating group) is 1. The van der Waals surface area contributed by atoms with Gasteiger partial charge in [-0.25, -0.2) is 13.2 Å². The van der Waals surface area contributed by atoms with Gasteiger partial charge in [-0.1, -0.05) is 0 Å². The number of amides is 1. The van der Waals surface area contributed by atoms with Gasteiger partial charge >= 0.3 is 5.97 Å². The Hall–Kier alpha value is -1.45. The third-order valence-electron chi connectivity index (χ3n) is 3.31. The van der Waals surface area contributed by atoms with Crippen LogP contribution in [0.15, 0.2) is 10.3 Å². The molecule has 1 saturated heterocycles. The smallest absolute Gasteiger partial charge is 0.349 e. The summed E-state index contributed by atoms with van der Waals surface area (Å²) in [5.41, 5.74) is 0.478. The Bertz CT molecular complexity index is 680. The fourth-order valence-electron chi connectivity index (χ4n) is 2.06. The molecule has 21 heavy (non-hydrogen) atoms. The summed E-state index contributed by atoms with van der Waals surface area (Å²) in [5.74, 6) is -0.954. The van der Waals surface area contributed by atoms with Crippen LogP contribution in [0.1, 0.15) is 15.2 Å². The van der Waals surface area contributed by atoms with E-state index in [-0.39, 0.29) is 28.8 Å². The van der Waals surface area contributed by atoms with E-state index in [0.717, 1.165) is 15.6 Å². The molecular formula is C12H16N2O5S2. The van der Waals surface area contributed by atoms with Crippen LogP contribution in [0.2, 0.25) is 0 Å².